The van der Waals surface area contributed by atoms with Crippen LogP contribution in [-0.4, -0.2) is 27.2 Å². The lowest BCUT2D eigenvalue weighted by atomic mass is 9.93. The first kappa shape index (κ1) is 16.0. The number of nitrogens with two attached hydrogens (primary N) is 1. The number of benzene rings is 1. The van der Waals surface area contributed by atoms with Crippen LogP contribution in [0.3, 0.4) is 0 Å². The van der Waals surface area contributed by atoms with Crippen LogP contribution >= 0.6 is 15.9 Å². The number of ether oxygens (including phenoxy) is 1. The molecule has 0 amide bonds. The summed E-state index contributed by atoms with van der Waals surface area (Å²) in [7, 11) is 0. The zero-order valence-electron chi connectivity index (χ0n) is 12.6. The number of nitrogens with one attached hydrogen (secondary N) is 1. The van der Waals surface area contributed by atoms with Crippen molar-refractivity contribution in [3.63, 3.8) is 0 Å². The van der Waals surface area contributed by atoms with E-state index in [-0.39, 0.29) is 18.1 Å². The SMILES string of the molecule is Nc1ncc(Oc2ccc(Br)cc2)c(N[C@H]2CC[C@H](O)CC2)n1. The lowest BCUT2D eigenvalue weighted by molar-refractivity contribution is 0.126. The van der Waals surface area contributed by atoms with Gasteiger partial charge in [-0.3, -0.25) is 0 Å². The smallest absolute Gasteiger partial charge is 0.222 e. The van der Waals surface area contributed by atoms with Crippen molar-refractivity contribution in [3.8, 4) is 11.5 Å². The van der Waals surface area contributed by atoms with Crippen LogP contribution in [0.5, 0.6) is 11.5 Å². The van der Waals surface area contributed by atoms with Crippen molar-refractivity contribution in [2.75, 3.05) is 11.1 Å². The van der Waals surface area contributed by atoms with Gasteiger partial charge in [0.1, 0.15) is 5.75 Å². The molecule has 1 fully saturated rings. The summed E-state index contributed by atoms with van der Waals surface area (Å²) in [6.07, 6.45) is 4.75. The summed E-state index contributed by atoms with van der Waals surface area (Å²) < 4.78 is 6.85. The molecule has 6 nitrogen and oxygen atoms in total. The molecule has 0 spiro atoms. The molecule has 1 saturated carbocycles. The zero-order chi connectivity index (χ0) is 16.2. The maximum atomic E-state index is 9.61. The lowest BCUT2D eigenvalue weighted by Crippen LogP contribution is -2.28. The van der Waals surface area contributed by atoms with E-state index in [1.54, 1.807) is 6.20 Å². The highest BCUT2D eigenvalue weighted by molar-refractivity contribution is 9.10. The van der Waals surface area contributed by atoms with Crippen LogP contribution in [0, 0.1) is 0 Å². The van der Waals surface area contributed by atoms with Crippen molar-refractivity contribution < 1.29 is 9.84 Å². The van der Waals surface area contributed by atoms with Gasteiger partial charge in [-0.1, -0.05) is 15.9 Å². The molecular formula is C16H19BrN4O2. The fourth-order valence-corrected chi connectivity index (χ4v) is 2.87. The molecule has 1 aromatic heterocycles. The first-order chi connectivity index (χ1) is 11.1. The molecule has 1 aliphatic carbocycles. The van der Waals surface area contributed by atoms with E-state index in [1.807, 2.05) is 24.3 Å². The predicted octanol–water partition coefficient (Wildman–Crippen LogP) is 3.33. The molecule has 4 N–H and O–H groups in total. The summed E-state index contributed by atoms with van der Waals surface area (Å²) in [6.45, 7) is 0. The van der Waals surface area contributed by atoms with Gasteiger partial charge in [0.2, 0.25) is 5.95 Å². The molecule has 0 saturated heterocycles. The minimum atomic E-state index is -0.193. The molecule has 1 aliphatic rings. The number of anilines is 2. The molecule has 0 atom stereocenters. The normalized spacial score (nSPS) is 21.0. The minimum absolute atomic E-state index is 0.193. The van der Waals surface area contributed by atoms with Gasteiger partial charge in [0.25, 0.3) is 0 Å². The van der Waals surface area contributed by atoms with Crippen LogP contribution in [0.25, 0.3) is 0 Å². The highest BCUT2D eigenvalue weighted by atomic mass is 79.9. The number of aromatic nitrogens is 2. The molecule has 1 aromatic carbocycles. The first-order valence-electron chi connectivity index (χ1n) is 7.60. The second kappa shape index (κ2) is 7.14. The minimum Gasteiger partial charge on any atom is -0.452 e. The fraction of sp³-hybridized carbons (Fsp3) is 0.375. The van der Waals surface area contributed by atoms with E-state index in [0.717, 1.165) is 30.2 Å². The Labute approximate surface area is 143 Å². The lowest BCUT2D eigenvalue weighted by Gasteiger charge is -2.27. The highest BCUT2D eigenvalue weighted by Crippen LogP contribution is 2.31. The zero-order valence-corrected chi connectivity index (χ0v) is 14.2. The van der Waals surface area contributed by atoms with Gasteiger partial charge in [0.15, 0.2) is 11.6 Å². The summed E-state index contributed by atoms with van der Waals surface area (Å²) in [5.74, 6) is 2.02. The van der Waals surface area contributed by atoms with Gasteiger partial charge in [-0.15, -0.1) is 0 Å². The number of rotatable bonds is 4. The summed E-state index contributed by atoms with van der Waals surface area (Å²) in [4.78, 5) is 8.27. The first-order valence-corrected chi connectivity index (χ1v) is 8.40. The number of halogens is 1. The topological polar surface area (TPSA) is 93.3 Å². The van der Waals surface area contributed by atoms with Crippen LogP contribution < -0.4 is 15.8 Å². The molecule has 0 aliphatic heterocycles. The quantitative estimate of drug-likeness (QED) is 0.755. The summed E-state index contributed by atoms with van der Waals surface area (Å²) in [6, 6.07) is 7.79. The van der Waals surface area contributed by atoms with E-state index in [1.165, 1.54) is 0 Å². The number of hydrogen-bond donors (Lipinski definition) is 3. The third-order valence-corrected chi connectivity index (χ3v) is 4.38. The largest absolute Gasteiger partial charge is 0.452 e. The molecule has 23 heavy (non-hydrogen) atoms. The number of hydrogen-bond acceptors (Lipinski definition) is 6. The molecule has 3 rings (SSSR count). The Balaban J connectivity index is 1.76. The summed E-state index contributed by atoms with van der Waals surface area (Å²) in [5, 5.41) is 13.0. The van der Waals surface area contributed by atoms with Gasteiger partial charge in [0, 0.05) is 10.5 Å². The third-order valence-electron chi connectivity index (χ3n) is 3.85. The van der Waals surface area contributed by atoms with Crippen LogP contribution in [0.1, 0.15) is 25.7 Å². The highest BCUT2D eigenvalue weighted by Gasteiger charge is 2.21. The van der Waals surface area contributed by atoms with Gasteiger partial charge in [0.05, 0.1) is 12.3 Å². The average molecular weight is 379 g/mol. The number of nitrogens with zero attached hydrogens (tertiary/aromatic N) is 2. The summed E-state index contributed by atoms with van der Waals surface area (Å²) in [5.41, 5.74) is 5.70. The van der Waals surface area contributed by atoms with Crippen LogP contribution in [0.15, 0.2) is 34.9 Å². The van der Waals surface area contributed by atoms with E-state index in [9.17, 15) is 5.11 Å². The Morgan fingerprint density at radius 1 is 1.17 bits per heavy atom. The molecule has 122 valence electrons. The van der Waals surface area contributed by atoms with Crippen molar-refractivity contribution in [3.05, 3.63) is 34.9 Å². The van der Waals surface area contributed by atoms with Crippen molar-refractivity contribution in [1.29, 1.82) is 0 Å². The number of aliphatic hydroxyl groups is 1. The fourth-order valence-electron chi connectivity index (χ4n) is 2.61. The predicted molar refractivity (Wildman–Crippen MR) is 92.5 cm³/mol. The van der Waals surface area contributed by atoms with Crippen molar-refractivity contribution in [2.24, 2.45) is 0 Å². The van der Waals surface area contributed by atoms with Gasteiger partial charge in [-0.05, 0) is 49.9 Å². The van der Waals surface area contributed by atoms with Gasteiger partial charge >= 0.3 is 0 Å². The molecule has 7 heteroatoms. The van der Waals surface area contributed by atoms with E-state index < -0.39 is 0 Å². The Morgan fingerprint density at radius 2 is 1.87 bits per heavy atom. The van der Waals surface area contributed by atoms with E-state index >= 15 is 0 Å². The second-order valence-electron chi connectivity index (χ2n) is 5.65. The van der Waals surface area contributed by atoms with Gasteiger partial charge in [-0.25, -0.2) is 4.98 Å². The average Bonchev–Trinajstić information content (AvgIpc) is 2.54. The third kappa shape index (κ3) is 4.33. The standard InChI is InChI=1S/C16H19BrN4O2/c17-10-1-7-13(8-2-10)23-14-9-19-16(18)21-15(14)20-11-3-5-12(22)6-4-11/h1-2,7-9,11-12,22H,3-6H2,(H3,18,19,20,21)/t11-,12-. The van der Waals surface area contributed by atoms with Crippen molar-refractivity contribution >= 4 is 27.7 Å². The molecule has 1 heterocycles. The van der Waals surface area contributed by atoms with E-state index in [4.69, 9.17) is 10.5 Å². The van der Waals surface area contributed by atoms with Crippen LogP contribution in [0.4, 0.5) is 11.8 Å². The molecule has 0 radical (unpaired) electrons. The number of nitrogen functional groups attached to an aromatic ring is 1. The van der Waals surface area contributed by atoms with E-state index in [2.05, 4.69) is 31.2 Å². The van der Waals surface area contributed by atoms with Crippen molar-refractivity contribution in [1.82, 2.24) is 9.97 Å². The molecular weight excluding hydrogens is 360 g/mol. The molecule has 2 aromatic rings. The Bertz CT molecular complexity index is 658. The number of aliphatic hydroxyl groups excluding tert-OH is 1. The van der Waals surface area contributed by atoms with Crippen molar-refractivity contribution in [2.45, 2.75) is 37.8 Å². The summed E-state index contributed by atoms with van der Waals surface area (Å²) >= 11 is 3.40. The van der Waals surface area contributed by atoms with Gasteiger partial charge in [-0.2, -0.15) is 4.98 Å². The van der Waals surface area contributed by atoms with E-state index in [0.29, 0.717) is 17.3 Å². The monoisotopic (exact) mass is 378 g/mol. The van der Waals surface area contributed by atoms with Crippen LogP contribution in [0.2, 0.25) is 0 Å². The van der Waals surface area contributed by atoms with Gasteiger partial charge < -0.3 is 20.9 Å². The van der Waals surface area contributed by atoms with Crippen LogP contribution in [-0.2, 0) is 0 Å². The molecule has 0 bridgehead atoms. The Morgan fingerprint density at radius 3 is 2.57 bits per heavy atom. The molecule has 0 unspecified atom stereocenters. The second-order valence-corrected chi connectivity index (χ2v) is 6.56. The maximum Gasteiger partial charge on any atom is 0.222 e. The Kier molecular flexibility index (Phi) is 4.97. The maximum absolute atomic E-state index is 9.61. The Hall–Kier alpha value is -1.86.